The lowest BCUT2D eigenvalue weighted by atomic mass is 9.92. The Balaban J connectivity index is 1.62. The highest BCUT2D eigenvalue weighted by Gasteiger charge is 2.43. The van der Waals surface area contributed by atoms with E-state index in [1.54, 1.807) is 38.1 Å². The molecule has 0 radical (unpaired) electrons. The molecule has 0 spiro atoms. The number of carbonyl (C=O) groups is 4. The Labute approximate surface area is 154 Å². The third-order valence-corrected chi connectivity index (χ3v) is 4.30. The predicted octanol–water partition coefficient (Wildman–Crippen LogP) is 1.09. The van der Waals surface area contributed by atoms with Crippen LogP contribution in [0.2, 0.25) is 0 Å². The quantitative estimate of drug-likeness (QED) is 0.586. The molecule has 1 fully saturated rings. The van der Waals surface area contributed by atoms with Crippen molar-refractivity contribution in [1.82, 2.24) is 16.0 Å². The second-order valence-corrected chi connectivity index (χ2v) is 6.31. The van der Waals surface area contributed by atoms with E-state index in [1.165, 1.54) is 18.6 Å². The number of imide groups is 1. The number of benzene rings is 1. The Morgan fingerprint density at radius 1 is 1.15 bits per heavy atom. The zero-order chi connectivity index (χ0) is 19.6. The molecule has 2 heterocycles. The number of carbonyl (C=O) groups excluding carboxylic acids is 4. The third-order valence-electron chi connectivity index (χ3n) is 4.30. The average molecular weight is 370 g/mol. The fourth-order valence-corrected chi connectivity index (χ4v) is 2.62. The molecule has 1 aliphatic heterocycles. The molecule has 2 atom stereocenters. The van der Waals surface area contributed by atoms with Gasteiger partial charge in [0.1, 0.15) is 17.8 Å². The molecular formula is C18H18N4O5. The Morgan fingerprint density at radius 2 is 1.85 bits per heavy atom. The van der Waals surface area contributed by atoms with Crippen LogP contribution in [-0.4, -0.2) is 29.8 Å². The van der Waals surface area contributed by atoms with Crippen molar-refractivity contribution in [3.8, 4) is 0 Å². The van der Waals surface area contributed by atoms with Crippen LogP contribution in [0.3, 0.4) is 0 Å². The second kappa shape index (κ2) is 6.94. The van der Waals surface area contributed by atoms with E-state index < -0.39 is 35.3 Å². The van der Waals surface area contributed by atoms with Crippen LogP contribution in [0.5, 0.6) is 0 Å². The SMILES string of the molecule is C[C@@H](NC(=O)c1ccoc1)C(=O)Nc1ccc([C@@]2(C)NC(=O)NC2=O)cc1. The van der Waals surface area contributed by atoms with Crippen LogP contribution >= 0.6 is 0 Å². The standard InChI is InChI=1S/C18H18N4O5/c1-10(19-15(24)11-7-8-27-9-11)14(23)20-13-5-3-12(4-6-13)18(2)16(25)21-17(26)22-18/h3-10H,1-2H3,(H,19,24)(H,20,23)(H2,21,22,25,26)/t10-,18-/m1/s1. The van der Waals surface area contributed by atoms with Crippen molar-refractivity contribution in [3.63, 3.8) is 0 Å². The van der Waals surface area contributed by atoms with E-state index in [0.29, 0.717) is 16.8 Å². The zero-order valence-electron chi connectivity index (χ0n) is 14.7. The van der Waals surface area contributed by atoms with E-state index in [-0.39, 0.29) is 0 Å². The van der Waals surface area contributed by atoms with E-state index in [2.05, 4.69) is 21.3 Å². The molecule has 0 bridgehead atoms. The van der Waals surface area contributed by atoms with Gasteiger partial charge in [0.05, 0.1) is 11.8 Å². The van der Waals surface area contributed by atoms with Gasteiger partial charge in [0.15, 0.2) is 0 Å². The minimum absolute atomic E-state index is 0.323. The Hall–Kier alpha value is -3.62. The number of nitrogens with one attached hydrogen (secondary N) is 4. The summed E-state index contributed by atoms with van der Waals surface area (Å²) < 4.78 is 4.83. The van der Waals surface area contributed by atoms with Crippen molar-refractivity contribution in [1.29, 1.82) is 0 Å². The van der Waals surface area contributed by atoms with Gasteiger partial charge in [0, 0.05) is 5.69 Å². The van der Waals surface area contributed by atoms with Crippen LogP contribution in [-0.2, 0) is 15.1 Å². The molecule has 140 valence electrons. The lowest BCUT2D eigenvalue weighted by molar-refractivity contribution is -0.123. The van der Waals surface area contributed by atoms with Crippen LogP contribution in [0.15, 0.2) is 47.3 Å². The minimum atomic E-state index is -1.16. The highest BCUT2D eigenvalue weighted by atomic mass is 16.3. The van der Waals surface area contributed by atoms with Gasteiger partial charge in [0.2, 0.25) is 5.91 Å². The van der Waals surface area contributed by atoms with Gasteiger partial charge in [0.25, 0.3) is 11.8 Å². The van der Waals surface area contributed by atoms with Crippen LogP contribution < -0.4 is 21.3 Å². The van der Waals surface area contributed by atoms with Crippen molar-refractivity contribution in [2.24, 2.45) is 0 Å². The predicted molar refractivity (Wildman–Crippen MR) is 94.7 cm³/mol. The first-order valence-corrected chi connectivity index (χ1v) is 8.17. The molecule has 5 amide bonds. The molecule has 9 nitrogen and oxygen atoms in total. The molecule has 2 aromatic rings. The first kappa shape index (κ1) is 18.2. The molecule has 0 saturated carbocycles. The Morgan fingerprint density at radius 3 is 2.41 bits per heavy atom. The molecule has 0 unspecified atom stereocenters. The van der Waals surface area contributed by atoms with Gasteiger partial charge in [-0.2, -0.15) is 0 Å². The summed E-state index contributed by atoms with van der Waals surface area (Å²) in [4.78, 5) is 47.5. The van der Waals surface area contributed by atoms with Crippen molar-refractivity contribution >= 4 is 29.4 Å². The normalized spacial score (nSPS) is 19.8. The van der Waals surface area contributed by atoms with Crippen molar-refractivity contribution in [2.75, 3.05) is 5.32 Å². The van der Waals surface area contributed by atoms with Crippen LogP contribution in [0.1, 0.15) is 29.8 Å². The zero-order valence-corrected chi connectivity index (χ0v) is 14.7. The van der Waals surface area contributed by atoms with Gasteiger partial charge in [-0.25, -0.2) is 4.79 Å². The van der Waals surface area contributed by atoms with Crippen molar-refractivity contribution in [2.45, 2.75) is 25.4 Å². The van der Waals surface area contributed by atoms with Gasteiger partial charge in [-0.05, 0) is 37.6 Å². The first-order valence-electron chi connectivity index (χ1n) is 8.17. The average Bonchev–Trinajstić information content (AvgIpc) is 3.24. The molecular weight excluding hydrogens is 352 g/mol. The van der Waals surface area contributed by atoms with Gasteiger partial charge in [-0.15, -0.1) is 0 Å². The van der Waals surface area contributed by atoms with E-state index >= 15 is 0 Å². The lowest BCUT2D eigenvalue weighted by Gasteiger charge is -2.21. The highest BCUT2D eigenvalue weighted by Crippen LogP contribution is 2.25. The fourth-order valence-electron chi connectivity index (χ4n) is 2.62. The smallest absolute Gasteiger partial charge is 0.322 e. The molecule has 4 N–H and O–H groups in total. The second-order valence-electron chi connectivity index (χ2n) is 6.31. The summed E-state index contributed by atoms with van der Waals surface area (Å²) in [6.07, 6.45) is 2.66. The molecule has 0 aliphatic carbocycles. The van der Waals surface area contributed by atoms with E-state index in [4.69, 9.17) is 4.42 Å². The largest absolute Gasteiger partial charge is 0.472 e. The number of hydrogen-bond donors (Lipinski definition) is 4. The summed E-state index contributed by atoms with van der Waals surface area (Å²) >= 11 is 0. The maximum Gasteiger partial charge on any atom is 0.322 e. The number of amides is 5. The molecule has 3 rings (SSSR count). The number of anilines is 1. The van der Waals surface area contributed by atoms with Crippen LogP contribution in [0.25, 0.3) is 0 Å². The topological polar surface area (TPSA) is 130 Å². The van der Waals surface area contributed by atoms with Crippen molar-refractivity contribution in [3.05, 3.63) is 54.0 Å². The molecule has 1 aliphatic rings. The molecule has 27 heavy (non-hydrogen) atoms. The summed E-state index contributed by atoms with van der Waals surface area (Å²) in [6.45, 7) is 3.15. The number of furan rings is 1. The van der Waals surface area contributed by atoms with Crippen molar-refractivity contribution < 1.29 is 23.6 Å². The Kier molecular flexibility index (Phi) is 4.68. The fraction of sp³-hybridized carbons (Fsp3) is 0.222. The Bertz CT molecular complexity index is 891. The van der Waals surface area contributed by atoms with Crippen LogP contribution in [0, 0.1) is 0 Å². The highest BCUT2D eigenvalue weighted by molar-refractivity contribution is 6.07. The number of hydrogen-bond acceptors (Lipinski definition) is 5. The van der Waals surface area contributed by atoms with Gasteiger partial charge in [-0.1, -0.05) is 12.1 Å². The molecule has 1 saturated heterocycles. The molecule has 1 aromatic heterocycles. The van der Waals surface area contributed by atoms with Gasteiger partial charge >= 0.3 is 6.03 Å². The lowest BCUT2D eigenvalue weighted by Crippen LogP contribution is -2.41. The van der Waals surface area contributed by atoms with Crippen LogP contribution in [0.4, 0.5) is 10.5 Å². The third kappa shape index (κ3) is 3.66. The first-order chi connectivity index (χ1) is 12.8. The minimum Gasteiger partial charge on any atom is -0.472 e. The number of rotatable bonds is 5. The summed E-state index contributed by atoms with van der Waals surface area (Å²) in [7, 11) is 0. The van der Waals surface area contributed by atoms with E-state index in [9.17, 15) is 19.2 Å². The summed E-state index contributed by atoms with van der Waals surface area (Å²) in [6, 6.07) is 6.66. The van der Waals surface area contributed by atoms with E-state index in [1.807, 2.05) is 0 Å². The van der Waals surface area contributed by atoms with Gasteiger partial charge < -0.3 is 20.4 Å². The maximum absolute atomic E-state index is 12.2. The summed E-state index contributed by atoms with van der Waals surface area (Å²) in [5.74, 6) is -1.27. The maximum atomic E-state index is 12.2. The summed E-state index contributed by atoms with van der Waals surface area (Å²) in [5, 5.41) is 10.0. The molecule has 9 heteroatoms. The molecule has 1 aromatic carbocycles. The summed E-state index contributed by atoms with van der Waals surface area (Å²) in [5.41, 5.74) is 0.224. The monoisotopic (exact) mass is 370 g/mol. The van der Waals surface area contributed by atoms with Gasteiger partial charge in [-0.3, -0.25) is 19.7 Å². The number of urea groups is 1. The van der Waals surface area contributed by atoms with E-state index in [0.717, 1.165) is 0 Å².